The molecule has 4 N–H and O–H groups in total. The Hall–Kier alpha value is -1.12. The molecule has 0 amide bonds. The first-order valence-electron chi connectivity index (χ1n) is 1.72. The second-order valence-electron chi connectivity index (χ2n) is 1.06. The van der Waals surface area contributed by atoms with Gasteiger partial charge < -0.3 is 0 Å². The summed E-state index contributed by atoms with van der Waals surface area (Å²) >= 11 is 0. The average Bonchev–Trinajstić information content (AvgIpc) is 1.65. The van der Waals surface area contributed by atoms with Crippen LogP contribution in [0, 0.1) is 0 Å². The lowest BCUT2D eigenvalue weighted by atomic mass is 10.5. The van der Waals surface area contributed by atoms with E-state index in [1.165, 1.54) is 0 Å². The largest absolute Gasteiger partial charge is 0.288 e. The van der Waals surface area contributed by atoms with Crippen molar-refractivity contribution in [3.8, 4) is 0 Å². The maximum atomic E-state index is 5.01. The summed E-state index contributed by atoms with van der Waals surface area (Å²) in [6.07, 6.45) is 0. The summed E-state index contributed by atoms with van der Waals surface area (Å²) in [5, 5.41) is 5.01. The van der Waals surface area contributed by atoms with Crippen molar-refractivity contribution in [1.29, 1.82) is 0 Å². The first-order valence-corrected chi connectivity index (χ1v) is 1.72. The Morgan fingerprint density at radius 1 is 1.71 bits per heavy atom. The molecule has 0 bridgehead atoms. The van der Waals surface area contributed by atoms with Crippen LogP contribution in [0.1, 0.15) is 0 Å². The van der Waals surface area contributed by atoms with Crippen LogP contribution in [0.25, 0.3) is 0 Å². The predicted octanol–water partition coefficient (Wildman–Crippen LogP) is -1.68. The molecule has 0 saturated heterocycles. The zero-order chi connectivity index (χ0) is 5.86. The quantitative estimate of drug-likeness (QED) is 0.314. The number of amidine groups is 1. The highest BCUT2D eigenvalue weighted by Gasteiger charge is 1.94. The summed E-state index contributed by atoms with van der Waals surface area (Å²) in [5.74, 6) is 0.120. The molecule has 0 aliphatic rings. The smallest absolute Gasteiger partial charge is 0.286 e. The zero-order valence-electron chi connectivity index (χ0n) is 4.02. The molecule has 3 nitrogen and oxygen atoms in total. The summed E-state index contributed by atoms with van der Waals surface area (Å²) in [6.45, 7) is 6.51. The molecular formula is C4H8N3+. The highest BCUT2D eigenvalue weighted by atomic mass is 14.8. The topological polar surface area (TPSA) is 64.0 Å². The zero-order valence-corrected chi connectivity index (χ0v) is 4.02. The van der Waals surface area contributed by atoms with Crippen LogP contribution in [0.15, 0.2) is 17.3 Å². The van der Waals surface area contributed by atoms with Crippen LogP contribution >= 0.6 is 0 Å². The summed E-state index contributed by atoms with van der Waals surface area (Å²) in [6, 6.07) is 0. The summed E-state index contributed by atoms with van der Waals surface area (Å²) < 4.78 is 0. The maximum absolute atomic E-state index is 5.01. The first-order chi connectivity index (χ1) is 3.18. The first kappa shape index (κ1) is 5.88. The Bertz CT molecular complexity index is 114. The third kappa shape index (κ3) is 1.70. The van der Waals surface area contributed by atoms with E-state index in [1.54, 1.807) is 0 Å². The molecule has 0 aliphatic heterocycles. The standard InChI is InChI=1S/C4H7N3/c1-3(7-2)4(5)6/h1-2H2,(H3,5,6)/p+1. The monoisotopic (exact) mass is 98.1 g/mol. The van der Waals surface area contributed by atoms with Gasteiger partial charge in [-0.05, 0) is 6.72 Å². The van der Waals surface area contributed by atoms with Gasteiger partial charge in [-0.3, -0.25) is 16.1 Å². The van der Waals surface area contributed by atoms with Gasteiger partial charge in [-0.2, -0.15) is 0 Å². The van der Waals surface area contributed by atoms with Crippen LogP contribution in [-0.4, -0.2) is 12.6 Å². The van der Waals surface area contributed by atoms with E-state index in [1.807, 2.05) is 0 Å². The van der Waals surface area contributed by atoms with Crippen LogP contribution in [0.3, 0.4) is 0 Å². The molecule has 0 aromatic heterocycles. The number of rotatable bonds is 2. The van der Waals surface area contributed by atoms with Crippen LogP contribution in [-0.2, 0) is 0 Å². The maximum Gasteiger partial charge on any atom is 0.288 e. The molecule has 0 spiro atoms. The predicted molar refractivity (Wildman–Crippen MR) is 29.8 cm³/mol. The van der Waals surface area contributed by atoms with E-state index < -0.39 is 0 Å². The van der Waals surface area contributed by atoms with Crippen molar-refractivity contribution < 1.29 is 5.41 Å². The van der Waals surface area contributed by atoms with Crippen molar-refractivity contribution in [3.05, 3.63) is 12.3 Å². The third-order valence-corrected chi connectivity index (χ3v) is 0.524. The van der Waals surface area contributed by atoms with Gasteiger partial charge in [0.2, 0.25) is 0 Å². The van der Waals surface area contributed by atoms with E-state index in [2.05, 4.69) is 18.3 Å². The van der Waals surface area contributed by atoms with E-state index >= 15 is 0 Å². The number of nitrogens with zero attached hydrogens (tertiary/aromatic N) is 1. The highest BCUT2D eigenvalue weighted by Crippen LogP contribution is 1.81. The Balaban J connectivity index is 3.81. The Labute approximate surface area is 42.1 Å². The fourth-order valence-electron chi connectivity index (χ4n) is 0.0913. The van der Waals surface area contributed by atoms with Gasteiger partial charge in [0, 0.05) is 0 Å². The lowest BCUT2D eigenvalue weighted by molar-refractivity contribution is -0.114. The van der Waals surface area contributed by atoms with E-state index in [-0.39, 0.29) is 5.84 Å². The highest BCUT2D eigenvalue weighted by molar-refractivity contribution is 5.91. The van der Waals surface area contributed by atoms with Crippen LogP contribution in [0.5, 0.6) is 0 Å². The molecule has 0 atom stereocenters. The van der Waals surface area contributed by atoms with Crippen LogP contribution < -0.4 is 11.1 Å². The van der Waals surface area contributed by atoms with E-state index in [0.29, 0.717) is 5.70 Å². The molecule has 0 fully saturated rings. The molecule has 0 aromatic rings. The molecule has 0 saturated carbocycles. The molecule has 7 heavy (non-hydrogen) atoms. The van der Waals surface area contributed by atoms with Crippen molar-refractivity contribution in [3.63, 3.8) is 0 Å². The summed E-state index contributed by atoms with van der Waals surface area (Å²) in [7, 11) is 0. The minimum atomic E-state index is 0.120. The van der Waals surface area contributed by atoms with Crippen molar-refractivity contribution in [1.82, 2.24) is 0 Å². The minimum absolute atomic E-state index is 0.120. The van der Waals surface area contributed by atoms with Crippen molar-refractivity contribution in [2.75, 3.05) is 0 Å². The third-order valence-electron chi connectivity index (χ3n) is 0.524. The lowest BCUT2D eigenvalue weighted by Gasteiger charge is -1.81. The Kier molecular flexibility index (Phi) is 1.78. The van der Waals surface area contributed by atoms with Gasteiger partial charge in [-0.1, -0.05) is 6.58 Å². The molecule has 0 radical (unpaired) electrons. The van der Waals surface area contributed by atoms with Gasteiger partial charge in [0.15, 0.2) is 0 Å². The molecule has 0 heterocycles. The molecule has 0 unspecified atom stereocenters. The van der Waals surface area contributed by atoms with Gasteiger partial charge in [0.25, 0.3) is 5.84 Å². The van der Waals surface area contributed by atoms with Gasteiger partial charge >= 0.3 is 0 Å². The average molecular weight is 98.1 g/mol. The molecule has 3 heteroatoms. The van der Waals surface area contributed by atoms with E-state index in [0.717, 1.165) is 0 Å². The Morgan fingerprint density at radius 2 is 2.14 bits per heavy atom. The van der Waals surface area contributed by atoms with Crippen molar-refractivity contribution in [2.45, 2.75) is 0 Å². The molecule has 0 aromatic carbocycles. The van der Waals surface area contributed by atoms with Gasteiger partial charge in [-0.25, -0.2) is 0 Å². The van der Waals surface area contributed by atoms with Crippen LogP contribution in [0.4, 0.5) is 0 Å². The van der Waals surface area contributed by atoms with E-state index in [4.69, 9.17) is 11.1 Å². The minimum Gasteiger partial charge on any atom is -0.286 e. The van der Waals surface area contributed by atoms with Crippen molar-refractivity contribution in [2.24, 2.45) is 10.7 Å². The summed E-state index contributed by atoms with van der Waals surface area (Å²) in [4.78, 5) is 3.36. The Morgan fingerprint density at radius 3 is 2.14 bits per heavy atom. The molecule has 0 aliphatic carbocycles. The number of nitrogens with two attached hydrogens (primary N) is 2. The lowest BCUT2D eigenvalue weighted by Crippen LogP contribution is -2.46. The second kappa shape index (κ2) is 2.12. The molecule has 0 rings (SSSR count). The van der Waals surface area contributed by atoms with Gasteiger partial charge in [-0.15, -0.1) is 0 Å². The molecule has 38 valence electrons. The summed E-state index contributed by atoms with van der Waals surface area (Å²) in [5.41, 5.74) is 5.34. The van der Waals surface area contributed by atoms with Gasteiger partial charge in [0.05, 0.1) is 0 Å². The van der Waals surface area contributed by atoms with Gasteiger partial charge in [0.1, 0.15) is 5.70 Å². The normalized spacial score (nSPS) is 7.43. The number of hydrogen-bond acceptors (Lipinski definition) is 1. The van der Waals surface area contributed by atoms with Crippen LogP contribution in [0.2, 0.25) is 0 Å². The fourth-order valence-corrected chi connectivity index (χ4v) is 0.0913. The molecular weight excluding hydrogens is 90.1 g/mol. The van der Waals surface area contributed by atoms with Crippen molar-refractivity contribution >= 4 is 12.6 Å². The van der Waals surface area contributed by atoms with E-state index in [9.17, 15) is 0 Å². The second-order valence-corrected chi connectivity index (χ2v) is 1.06. The number of aliphatic imine (C=N–C) groups is 1. The fraction of sp³-hybridized carbons (Fsp3) is 0. The number of hydrogen-bond donors (Lipinski definition) is 2. The SMILES string of the molecule is C=NC(=C)C(N)=[NH2+].